The third kappa shape index (κ3) is 5.23. The Labute approximate surface area is 174 Å². The van der Waals surface area contributed by atoms with Gasteiger partial charge < -0.3 is 14.2 Å². The van der Waals surface area contributed by atoms with Crippen molar-refractivity contribution in [2.24, 2.45) is 0 Å². The van der Waals surface area contributed by atoms with Gasteiger partial charge >= 0.3 is 11.9 Å². The highest BCUT2D eigenvalue weighted by atomic mass is 16.5. The number of hydrogen-bond donors (Lipinski definition) is 0. The number of hydrogen-bond acceptors (Lipinski definition) is 5. The Bertz CT molecular complexity index is 1140. The van der Waals surface area contributed by atoms with Gasteiger partial charge in [0, 0.05) is 11.6 Å². The molecule has 5 heteroatoms. The second-order valence-electron chi connectivity index (χ2n) is 6.45. The number of carbonyl (C=O) groups excluding carboxylic acids is 2. The zero-order valence-electron chi connectivity index (χ0n) is 16.5. The zero-order valence-corrected chi connectivity index (χ0v) is 16.5. The fourth-order valence-corrected chi connectivity index (χ4v) is 2.65. The minimum atomic E-state index is -0.507. The SMILES string of the molecule is C=CC(=O)Oc1ccc(-c2ccc3cc(O/C=C\OC(=O)C(=C)C)ccc3c2)cc1. The monoisotopic (exact) mass is 400 g/mol. The van der Waals surface area contributed by atoms with E-state index in [-0.39, 0.29) is 0 Å². The number of carbonyl (C=O) groups is 2. The molecule has 0 aromatic heterocycles. The molecule has 0 radical (unpaired) electrons. The van der Waals surface area contributed by atoms with Crippen LogP contribution in [0.3, 0.4) is 0 Å². The Hall–Kier alpha value is -4.12. The van der Waals surface area contributed by atoms with Gasteiger partial charge in [0.1, 0.15) is 24.0 Å². The summed E-state index contributed by atoms with van der Waals surface area (Å²) in [5.41, 5.74) is 2.34. The number of benzene rings is 3. The zero-order chi connectivity index (χ0) is 21.5. The maximum absolute atomic E-state index is 11.3. The summed E-state index contributed by atoms with van der Waals surface area (Å²) < 4.78 is 15.4. The van der Waals surface area contributed by atoms with Crippen molar-refractivity contribution in [3.63, 3.8) is 0 Å². The van der Waals surface area contributed by atoms with Crippen molar-refractivity contribution in [2.75, 3.05) is 0 Å². The average molecular weight is 400 g/mol. The van der Waals surface area contributed by atoms with E-state index in [0.717, 1.165) is 28.0 Å². The van der Waals surface area contributed by atoms with E-state index >= 15 is 0 Å². The smallest absolute Gasteiger partial charge is 0.338 e. The van der Waals surface area contributed by atoms with E-state index in [1.54, 1.807) is 19.1 Å². The van der Waals surface area contributed by atoms with Crippen LogP contribution in [0.1, 0.15) is 6.92 Å². The molecule has 3 aromatic rings. The van der Waals surface area contributed by atoms with E-state index in [1.807, 2.05) is 42.5 Å². The summed E-state index contributed by atoms with van der Waals surface area (Å²) >= 11 is 0. The van der Waals surface area contributed by atoms with Gasteiger partial charge in [-0.3, -0.25) is 0 Å². The number of rotatable bonds is 7. The molecule has 0 amide bonds. The molecule has 0 atom stereocenters. The first-order valence-corrected chi connectivity index (χ1v) is 9.13. The summed E-state index contributed by atoms with van der Waals surface area (Å²) in [5.74, 6) is 0.0857. The fraction of sp³-hybridized carbons (Fsp3) is 0.0400. The van der Waals surface area contributed by atoms with Crippen molar-refractivity contribution in [1.82, 2.24) is 0 Å². The van der Waals surface area contributed by atoms with Crippen molar-refractivity contribution in [3.8, 4) is 22.6 Å². The molecule has 0 aliphatic carbocycles. The molecule has 0 spiro atoms. The van der Waals surface area contributed by atoms with Crippen LogP contribution in [-0.4, -0.2) is 11.9 Å². The first-order chi connectivity index (χ1) is 14.5. The summed E-state index contributed by atoms with van der Waals surface area (Å²) in [6.45, 7) is 8.45. The average Bonchev–Trinajstić information content (AvgIpc) is 2.76. The van der Waals surface area contributed by atoms with Crippen LogP contribution in [0.2, 0.25) is 0 Å². The molecule has 150 valence electrons. The summed E-state index contributed by atoms with van der Waals surface area (Å²) in [5, 5.41) is 2.04. The highest BCUT2D eigenvalue weighted by Crippen LogP contribution is 2.28. The van der Waals surface area contributed by atoms with E-state index in [0.29, 0.717) is 17.1 Å². The molecule has 3 rings (SSSR count). The van der Waals surface area contributed by atoms with Crippen LogP contribution in [0, 0.1) is 0 Å². The lowest BCUT2D eigenvalue weighted by molar-refractivity contribution is -0.133. The Balaban J connectivity index is 1.71. The lowest BCUT2D eigenvalue weighted by atomic mass is 10.0. The molecule has 0 fully saturated rings. The van der Waals surface area contributed by atoms with Crippen LogP contribution < -0.4 is 9.47 Å². The quantitative estimate of drug-likeness (QED) is 0.225. The molecule has 0 saturated heterocycles. The molecular weight excluding hydrogens is 380 g/mol. The van der Waals surface area contributed by atoms with E-state index in [2.05, 4.69) is 19.2 Å². The first kappa shape index (κ1) is 20.6. The lowest BCUT2D eigenvalue weighted by Gasteiger charge is -2.07. The van der Waals surface area contributed by atoms with Gasteiger partial charge in [0.25, 0.3) is 0 Å². The molecular formula is C25H20O5. The van der Waals surface area contributed by atoms with Gasteiger partial charge in [0.15, 0.2) is 0 Å². The molecule has 0 unspecified atom stereocenters. The predicted molar refractivity (Wildman–Crippen MR) is 116 cm³/mol. The molecule has 0 saturated carbocycles. The van der Waals surface area contributed by atoms with Crippen molar-refractivity contribution >= 4 is 22.7 Å². The van der Waals surface area contributed by atoms with Crippen molar-refractivity contribution in [1.29, 1.82) is 0 Å². The summed E-state index contributed by atoms with van der Waals surface area (Å²) in [6, 6.07) is 19.0. The number of fused-ring (bicyclic) bond motifs is 1. The topological polar surface area (TPSA) is 61.8 Å². The molecule has 0 aliphatic heterocycles. The fourth-order valence-electron chi connectivity index (χ4n) is 2.65. The summed E-state index contributed by atoms with van der Waals surface area (Å²) in [7, 11) is 0. The Kier molecular flexibility index (Phi) is 6.45. The second kappa shape index (κ2) is 9.39. The Morgan fingerprint density at radius 3 is 2.17 bits per heavy atom. The van der Waals surface area contributed by atoms with Crippen molar-refractivity contribution in [2.45, 2.75) is 6.92 Å². The van der Waals surface area contributed by atoms with Crippen LogP contribution in [0.25, 0.3) is 21.9 Å². The molecule has 0 aliphatic rings. The Morgan fingerprint density at radius 2 is 1.47 bits per heavy atom. The van der Waals surface area contributed by atoms with Crippen molar-refractivity contribution in [3.05, 3.63) is 98.0 Å². The predicted octanol–water partition coefficient (Wildman–Crippen LogP) is 5.57. The molecule has 0 heterocycles. The maximum Gasteiger partial charge on any atom is 0.338 e. The van der Waals surface area contributed by atoms with Gasteiger partial charge in [-0.1, -0.05) is 43.5 Å². The number of esters is 2. The minimum Gasteiger partial charge on any atom is -0.462 e. The lowest BCUT2D eigenvalue weighted by Crippen LogP contribution is -2.02. The maximum atomic E-state index is 11.3. The van der Waals surface area contributed by atoms with Crippen LogP contribution in [0.15, 0.2) is 98.0 Å². The summed E-state index contributed by atoms with van der Waals surface area (Å²) in [4.78, 5) is 22.6. The van der Waals surface area contributed by atoms with Crippen molar-refractivity contribution < 1.29 is 23.8 Å². The van der Waals surface area contributed by atoms with Crippen LogP contribution in [-0.2, 0) is 14.3 Å². The second-order valence-corrected chi connectivity index (χ2v) is 6.45. The number of ether oxygens (including phenoxy) is 3. The Morgan fingerprint density at radius 1 is 0.833 bits per heavy atom. The van der Waals surface area contributed by atoms with Gasteiger partial charge in [-0.2, -0.15) is 0 Å². The van der Waals surface area contributed by atoms with E-state index in [4.69, 9.17) is 14.2 Å². The van der Waals surface area contributed by atoms with E-state index in [1.165, 1.54) is 12.5 Å². The van der Waals surface area contributed by atoms with Gasteiger partial charge in [0.05, 0.1) is 0 Å². The van der Waals surface area contributed by atoms with Gasteiger partial charge in [-0.05, 0) is 59.2 Å². The third-order valence-corrected chi connectivity index (χ3v) is 4.17. The van der Waals surface area contributed by atoms with Gasteiger partial charge in [-0.15, -0.1) is 0 Å². The third-order valence-electron chi connectivity index (χ3n) is 4.17. The normalized spacial score (nSPS) is 10.6. The molecule has 5 nitrogen and oxygen atoms in total. The standard InChI is InChI=1S/C25H20O5/c1-4-24(26)30-22-10-7-18(8-11-22)19-5-6-21-16-23(12-9-20(21)15-19)28-13-14-29-25(27)17(2)3/h4-16H,1-2H2,3H3/b14-13-. The highest BCUT2D eigenvalue weighted by Gasteiger charge is 2.04. The largest absolute Gasteiger partial charge is 0.462 e. The van der Waals surface area contributed by atoms with Gasteiger partial charge in [0.2, 0.25) is 0 Å². The van der Waals surface area contributed by atoms with E-state index < -0.39 is 11.9 Å². The summed E-state index contributed by atoms with van der Waals surface area (Å²) in [6.07, 6.45) is 3.61. The molecule has 30 heavy (non-hydrogen) atoms. The van der Waals surface area contributed by atoms with Crippen LogP contribution in [0.4, 0.5) is 0 Å². The molecule has 0 bridgehead atoms. The first-order valence-electron chi connectivity index (χ1n) is 9.13. The van der Waals surface area contributed by atoms with Crippen LogP contribution in [0.5, 0.6) is 11.5 Å². The minimum absolute atomic E-state index is 0.313. The van der Waals surface area contributed by atoms with Gasteiger partial charge in [-0.25, -0.2) is 9.59 Å². The molecule has 3 aromatic carbocycles. The molecule has 0 N–H and O–H groups in total. The highest BCUT2D eigenvalue weighted by molar-refractivity contribution is 5.89. The van der Waals surface area contributed by atoms with E-state index in [9.17, 15) is 9.59 Å². The van der Waals surface area contributed by atoms with Crippen LogP contribution >= 0.6 is 0 Å².